The number of carbonyl (C=O) groups excluding carboxylic acids is 1. The van der Waals surface area contributed by atoms with E-state index in [1.807, 2.05) is 4.90 Å². The summed E-state index contributed by atoms with van der Waals surface area (Å²) in [7, 11) is 0. The molecule has 0 radical (unpaired) electrons. The average molecular weight is 300 g/mol. The van der Waals surface area contributed by atoms with Gasteiger partial charge >= 0.3 is 5.97 Å². The lowest BCUT2D eigenvalue weighted by molar-refractivity contribution is -0.137. The van der Waals surface area contributed by atoms with Crippen molar-refractivity contribution in [2.75, 3.05) is 39.4 Å². The summed E-state index contributed by atoms with van der Waals surface area (Å²) < 4.78 is 5.22. The number of aliphatic carboxylic acids is 1. The largest absolute Gasteiger partial charge is 0.481 e. The van der Waals surface area contributed by atoms with Crippen LogP contribution >= 0.6 is 0 Å². The summed E-state index contributed by atoms with van der Waals surface area (Å²) in [5.41, 5.74) is 0. The second-order valence-corrected chi connectivity index (χ2v) is 5.67. The molecule has 0 aromatic carbocycles. The predicted octanol–water partition coefficient (Wildman–Crippen LogP) is 1.11. The molecule has 0 bridgehead atoms. The lowest BCUT2D eigenvalue weighted by atomic mass is 10.0. The Morgan fingerprint density at radius 1 is 1.19 bits per heavy atom. The van der Waals surface area contributed by atoms with Crippen molar-refractivity contribution >= 4 is 11.9 Å². The van der Waals surface area contributed by atoms with Gasteiger partial charge in [0.05, 0.1) is 13.2 Å². The van der Waals surface area contributed by atoms with Crippen molar-refractivity contribution in [1.82, 2.24) is 10.2 Å². The number of carbonyl (C=O) groups is 2. The smallest absolute Gasteiger partial charge is 0.303 e. The minimum atomic E-state index is -0.726. The van der Waals surface area contributed by atoms with Crippen molar-refractivity contribution in [3.05, 3.63) is 0 Å². The Labute approximate surface area is 126 Å². The zero-order valence-electron chi connectivity index (χ0n) is 13.0. The molecule has 122 valence electrons. The van der Waals surface area contributed by atoms with Gasteiger partial charge in [0.1, 0.15) is 0 Å². The molecule has 1 fully saturated rings. The van der Waals surface area contributed by atoms with Crippen LogP contribution in [-0.4, -0.2) is 61.3 Å². The highest BCUT2D eigenvalue weighted by Gasteiger charge is 2.15. The molecule has 0 aliphatic carbocycles. The first-order chi connectivity index (χ1) is 10.1. The molecule has 0 aromatic heterocycles. The fraction of sp³-hybridized carbons (Fsp3) is 0.867. The van der Waals surface area contributed by atoms with Gasteiger partial charge in [-0.3, -0.25) is 9.59 Å². The Morgan fingerprint density at radius 3 is 2.57 bits per heavy atom. The van der Waals surface area contributed by atoms with Crippen LogP contribution < -0.4 is 5.32 Å². The SMILES string of the molecule is CC(CCNCCCC(=O)N1CCOCC1)CCC(=O)O. The van der Waals surface area contributed by atoms with Crippen LogP contribution in [0.5, 0.6) is 0 Å². The third-order valence-corrected chi connectivity index (χ3v) is 3.77. The monoisotopic (exact) mass is 300 g/mol. The number of hydrogen-bond donors (Lipinski definition) is 2. The molecular weight excluding hydrogens is 272 g/mol. The Bertz CT molecular complexity index is 317. The van der Waals surface area contributed by atoms with Crippen LogP contribution in [0.1, 0.15) is 39.0 Å². The molecule has 1 unspecified atom stereocenters. The minimum Gasteiger partial charge on any atom is -0.481 e. The normalized spacial score (nSPS) is 16.7. The van der Waals surface area contributed by atoms with Crippen molar-refractivity contribution in [3.8, 4) is 0 Å². The van der Waals surface area contributed by atoms with Crippen molar-refractivity contribution in [1.29, 1.82) is 0 Å². The van der Waals surface area contributed by atoms with Gasteiger partial charge in [0.25, 0.3) is 0 Å². The first-order valence-electron chi connectivity index (χ1n) is 7.87. The fourth-order valence-corrected chi connectivity index (χ4v) is 2.32. The highest BCUT2D eigenvalue weighted by molar-refractivity contribution is 5.76. The Hall–Kier alpha value is -1.14. The van der Waals surface area contributed by atoms with Crippen LogP contribution in [0.4, 0.5) is 0 Å². The van der Waals surface area contributed by atoms with E-state index in [2.05, 4.69) is 12.2 Å². The first-order valence-corrected chi connectivity index (χ1v) is 7.87. The Balaban J connectivity index is 1.94. The average Bonchev–Trinajstić information content (AvgIpc) is 2.49. The number of rotatable bonds is 10. The topological polar surface area (TPSA) is 78.9 Å². The standard InChI is InChI=1S/C15H28N2O4/c1-13(4-5-15(19)20)6-8-16-7-2-3-14(18)17-9-11-21-12-10-17/h13,16H,2-12H2,1H3,(H,19,20). The maximum Gasteiger partial charge on any atom is 0.303 e. The molecular formula is C15H28N2O4. The summed E-state index contributed by atoms with van der Waals surface area (Å²) in [6.45, 7) is 6.53. The molecule has 0 spiro atoms. The molecule has 21 heavy (non-hydrogen) atoms. The molecule has 1 aliphatic rings. The Morgan fingerprint density at radius 2 is 1.90 bits per heavy atom. The van der Waals surface area contributed by atoms with Crippen LogP contribution in [0.15, 0.2) is 0 Å². The molecule has 6 nitrogen and oxygen atoms in total. The van der Waals surface area contributed by atoms with Crippen LogP contribution in [0.3, 0.4) is 0 Å². The molecule has 2 N–H and O–H groups in total. The van der Waals surface area contributed by atoms with Gasteiger partial charge in [0.15, 0.2) is 0 Å². The maximum absolute atomic E-state index is 11.9. The molecule has 1 atom stereocenters. The number of carboxylic acids is 1. The van der Waals surface area contributed by atoms with E-state index in [9.17, 15) is 9.59 Å². The van der Waals surface area contributed by atoms with Gasteiger partial charge in [-0.05, 0) is 38.3 Å². The zero-order chi connectivity index (χ0) is 15.5. The quantitative estimate of drug-likeness (QED) is 0.591. The first kappa shape index (κ1) is 17.9. The minimum absolute atomic E-state index is 0.218. The summed E-state index contributed by atoms with van der Waals surface area (Å²) in [5.74, 6) is -0.0880. The zero-order valence-corrected chi connectivity index (χ0v) is 13.0. The van der Waals surface area contributed by atoms with E-state index in [4.69, 9.17) is 9.84 Å². The maximum atomic E-state index is 11.9. The van der Waals surface area contributed by atoms with Gasteiger partial charge in [-0.2, -0.15) is 0 Å². The van der Waals surface area contributed by atoms with Crippen molar-refractivity contribution < 1.29 is 19.4 Å². The third-order valence-electron chi connectivity index (χ3n) is 3.77. The number of carboxylic acid groups (broad SMARTS) is 1. The summed E-state index contributed by atoms with van der Waals surface area (Å²) in [6.07, 6.45) is 3.38. The molecule has 1 rings (SSSR count). The van der Waals surface area contributed by atoms with Gasteiger partial charge in [0, 0.05) is 25.9 Å². The number of amides is 1. The molecule has 6 heteroatoms. The van der Waals surface area contributed by atoms with Gasteiger partial charge < -0.3 is 20.1 Å². The lowest BCUT2D eigenvalue weighted by Crippen LogP contribution is -2.40. The van der Waals surface area contributed by atoms with Crippen molar-refractivity contribution in [2.45, 2.75) is 39.0 Å². The van der Waals surface area contributed by atoms with E-state index in [0.29, 0.717) is 38.6 Å². The predicted molar refractivity (Wildman–Crippen MR) is 80.2 cm³/mol. The van der Waals surface area contributed by atoms with Crippen LogP contribution in [0.2, 0.25) is 0 Å². The number of morpholine rings is 1. The van der Waals surface area contributed by atoms with Gasteiger partial charge in [-0.15, -0.1) is 0 Å². The third kappa shape index (κ3) is 8.67. The number of nitrogens with zero attached hydrogens (tertiary/aromatic N) is 1. The summed E-state index contributed by atoms with van der Waals surface area (Å²) >= 11 is 0. The second kappa shape index (κ2) is 10.6. The molecule has 1 saturated heterocycles. The molecule has 1 heterocycles. The van der Waals surface area contributed by atoms with Crippen molar-refractivity contribution in [2.24, 2.45) is 5.92 Å². The van der Waals surface area contributed by atoms with E-state index in [1.165, 1.54) is 0 Å². The van der Waals surface area contributed by atoms with E-state index < -0.39 is 5.97 Å². The van der Waals surface area contributed by atoms with Crippen LogP contribution in [0.25, 0.3) is 0 Å². The summed E-state index contributed by atoms with van der Waals surface area (Å²) in [6, 6.07) is 0. The highest BCUT2D eigenvalue weighted by Crippen LogP contribution is 2.09. The van der Waals surface area contributed by atoms with Gasteiger partial charge in [-0.1, -0.05) is 6.92 Å². The number of nitrogens with one attached hydrogen (secondary N) is 1. The second-order valence-electron chi connectivity index (χ2n) is 5.67. The van der Waals surface area contributed by atoms with E-state index in [-0.39, 0.29) is 12.3 Å². The van der Waals surface area contributed by atoms with Gasteiger partial charge in [-0.25, -0.2) is 0 Å². The summed E-state index contributed by atoms with van der Waals surface area (Å²) in [4.78, 5) is 24.2. The fourth-order valence-electron chi connectivity index (χ4n) is 2.32. The number of hydrogen-bond acceptors (Lipinski definition) is 4. The van der Waals surface area contributed by atoms with Gasteiger partial charge in [0.2, 0.25) is 5.91 Å². The Kier molecular flexibility index (Phi) is 9.01. The van der Waals surface area contributed by atoms with E-state index >= 15 is 0 Å². The van der Waals surface area contributed by atoms with Crippen molar-refractivity contribution in [3.63, 3.8) is 0 Å². The van der Waals surface area contributed by atoms with E-state index in [1.54, 1.807) is 0 Å². The summed E-state index contributed by atoms with van der Waals surface area (Å²) in [5, 5.41) is 11.9. The van der Waals surface area contributed by atoms with Crippen LogP contribution in [0, 0.1) is 5.92 Å². The molecule has 1 aliphatic heterocycles. The van der Waals surface area contributed by atoms with E-state index in [0.717, 1.165) is 32.4 Å². The van der Waals surface area contributed by atoms with Crippen LogP contribution in [-0.2, 0) is 14.3 Å². The highest BCUT2D eigenvalue weighted by atomic mass is 16.5. The number of ether oxygens (including phenoxy) is 1. The molecule has 1 amide bonds. The molecule has 0 aromatic rings. The molecule has 0 saturated carbocycles. The lowest BCUT2D eigenvalue weighted by Gasteiger charge is -2.26.